The molecular formula is C17H26N4O2S. The van der Waals surface area contributed by atoms with Crippen LogP contribution in [0.1, 0.15) is 52.1 Å². The average molecular weight is 350 g/mol. The van der Waals surface area contributed by atoms with Gasteiger partial charge in [0.25, 0.3) is 5.56 Å². The first-order valence-corrected chi connectivity index (χ1v) is 9.74. The molecule has 0 radical (unpaired) electrons. The van der Waals surface area contributed by atoms with Gasteiger partial charge in [-0.15, -0.1) is 5.10 Å². The lowest BCUT2D eigenvalue weighted by atomic mass is 9.89. The summed E-state index contributed by atoms with van der Waals surface area (Å²) in [6, 6.07) is 1.90. The van der Waals surface area contributed by atoms with Crippen molar-refractivity contribution in [3.8, 4) is 0 Å². The van der Waals surface area contributed by atoms with E-state index in [1.807, 2.05) is 6.92 Å². The molecule has 1 N–H and O–H groups in total. The van der Waals surface area contributed by atoms with Gasteiger partial charge in [-0.3, -0.25) is 4.79 Å². The zero-order valence-corrected chi connectivity index (χ0v) is 15.4. The summed E-state index contributed by atoms with van der Waals surface area (Å²) >= 11 is 1.44. The van der Waals surface area contributed by atoms with E-state index in [0.29, 0.717) is 23.0 Å². The van der Waals surface area contributed by atoms with E-state index in [1.54, 1.807) is 6.07 Å². The number of nitrogens with one attached hydrogen (secondary N) is 1. The molecule has 2 aromatic rings. The number of aromatic nitrogens is 3. The van der Waals surface area contributed by atoms with Gasteiger partial charge in [0.05, 0.1) is 6.10 Å². The van der Waals surface area contributed by atoms with Gasteiger partial charge in [0.15, 0.2) is 0 Å². The maximum Gasteiger partial charge on any atom is 0.275 e. The second-order valence-corrected chi connectivity index (χ2v) is 7.35. The minimum Gasteiger partial charge on any atom is -0.378 e. The molecule has 3 heterocycles. The van der Waals surface area contributed by atoms with E-state index >= 15 is 0 Å². The van der Waals surface area contributed by atoms with Crippen LogP contribution in [0.15, 0.2) is 10.9 Å². The van der Waals surface area contributed by atoms with Crippen molar-refractivity contribution in [2.24, 2.45) is 5.92 Å². The van der Waals surface area contributed by atoms with E-state index in [1.165, 1.54) is 15.9 Å². The van der Waals surface area contributed by atoms with Crippen LogP contribution in [0.4, 0.5) is 5.13 Å². The van der Waals surface area contributed by atoms with E-state index in [2.05, 4.69) is 29.2 Å². The molecule has 0 aliphatic carbocycles. The van der Waals surface area contributed by atoms with Crippen LogP contribution in [0.5, 0.6) is 0 Å². The Hall–Kier alpha value is -1.47. The first-order chi connectivity index (χ1) is 11.6. The number of anilines is 1. The predicted molar refractivity (Wildman–Crippen MR) is 97.0 cm³/mol. The van der Waals surface area contributed by atoms with Crippen molar-refractivity contribution in [2.75, 3.05) is 11.9 Å². The van der Waals surface area contributed by atoms with Crippen LogP contribution in [0.3, 0.4) is 0 Å². The fourth-order valence-corrected chi connectivity index (χ4v) is 4.27. The van der Waals surface area contributed by atoms with Crippen molar-refractivity contribution in [3.05, 3.63) is 22.1 Å². The smallest absolute Gasteiger partial charge is 0.275 e. The standard InChI is InChI=1S/C17H26N4O2S/c1-4-11(5-2)14-9-13(7-8-23-14)18-16-20-21-15(22)10-12(6-3)19-17(21)24-16/h10-11,13-14H,4-9H2,1-3H3,(H,18,20). The highest BCUT2D eigenvalue weighted by Crippen LogP contribution is 2.28. The monoisotopic (exact) mass is 350 g/mol. The Morgan fingerprint density at radius 1 is 1.42 bits per heavy atom. The van der Waals surface area contributed by atoms with Gasteiger partial charge in [-0.1, -0.05) is 44.9 Å². The van der Waals surface area contributed by atoms with Crippen molar-refractivity contribution < 1.29 is 4.74 Å². The van der Waals surface area contributed by atoms with Crippen LogP contribution in [0, 0.1) is 5.92 Å². The summed E-state index contributed by atoms with van der Waals surface area (Å²) in [4.78, 5) is 17.3. The number of nitrogens with zero attached hydrogens (tertiary/aromatic N) is 3. The summed E-state index contributed by atoms with van der Waals surface area (Å²) in [6.45, 7) is 7.23. The number of fused-ring (bicyclic) bond motifs is 1. The molecule has 0 saturated carbocycles. The van der Waals surface area contributed by atoms with Crippen LogP contribution in [0.25, 0.3) is 4.96 Å². The zero-order valence-electron chi connectivity index (χ0n) is 14.6. The molecule has 2 unspecified atom stereocenters. The maximum absolute atomic E-state index is 12.1. The Morgan fingerprint density at radius 3 is 2.92 bits per heavy atom. The van der Waals surface area contributed by atoms with Crippen molar-refractivity contribution in [1.29, 1.82) is 0 Å². The van der Waals surface area contributed by atoms with E-state index < -0.39 is 0 Å². The van der Waals surface area contributed by atoms with Gasteiger partial charge < -0.3 is 10.1 Å². The molecule has 0 amide bonds. The Morgan fingerprint density at radius 2 is 2.21 bits per heavy atom. The molecule has 2 aromatic heterocycles. The molecule has 2 atom stereocenters. The van der Waals surface area contributed by atoms with Crippen LogP contribution in [-0.4, -0.2) is 33.4 Å². The normalized spacial score (nSPS) is 21.5. The number of hydrogen-bond acceptors (Lipinski definition) is 6. The van der Waals surface area contributed by atoms with Gasteiger partial charge in [0.2, 0.25) is 10.1 Å². The SMILES string of the molecule is CCc1cc(=O)n2nc(NC3CCOC(C(CC)CC)C3)sc2n1. The minimum absolute atomic E-state index is 0.108. The molecule has 7 heteroatoms. The second-order valence-electron chi connectivity index (χ2n) is 6.39. The van der Waals surface area contributed by atoms with Gasteiger partial charge in [-0.2, -0.15) is 4.52 Å². The molecule has 1 fully saturated rings. The van der Waals surface area contributed by atoms with Crippen LogP contribution in [0.2, 0.25) is 0 Å². The first-order valence-electron chi connectivity index (χ1n) is 8.92. The van der Waals surface area contributed by atoms with Gasteiger partial charge in [-0.05, 0) is 25.2 Å². The lowest BCUT2D eigenvalue weighted by Crippen LogP contribution is -2.37. The van der Waals surface area contributed by atoms with E-state index in [9.17, 15) is 4.79 Å². The lowest BCUT2D eigenvalue weighted by molar-refractivity contribution is -0.0271. The fraction of sp³-hybridized carbons (Fsp3) is 0.706. The summed E-state index contributed by atoms with van der Waals surface area (Å²) in [7, 11) is 0. The predicted octanol–water partition coefficient (Wildman–Crippen LogP) is 3.11. The third kappa shape index (κ3) is 3.62. The molecule has 6 nitrogen and oxygen atoms in total. The molecule has 1 aliphatic rings. The third-order valence-electron chi connectivity index (χ3n) is 4.88. The van der Waals surface area contributed by atoms with E-state index in [-0.39, 0.29) is 5.56 Å². The van der Waals surface area contributed by atoms with E-state index in [0.717, 1.165) is 49.5 Å². The van der Waals surface area contributed by atoms with Gasteiger partial charge in [0.1, 0.15) is 0 Å². The molecule has 0 bridgehead atoms. The number of rotatable bonds is 6. The Kier molecular flexibility index (Phi) is 5.50. The molecule has 1 aliphatic heterocycles. The van der Waals surface area contributed by atoms with Crippen LogP contribution < -0.4 is 10.9 Å². The van der Waals surface area contributed by atoms with Crippen molar-refractivity contribution in [3.63, 3.8) is 0 Å². The summed E-state index contributed by atoms with van der Waals surface area (Å²) < 4.78 is 7.37. The Balaban J connectivity index is 1.75. The van der Waals surface area contributed by atoms with Crippen molar-refractivity contribution in [1.82, 2.24) is 14.6 Å². The van der Waals surface area contributed by atoms with Gasteiger partial charge in [-0.25, -0.2) is 4.98 Å². The van der Waals surface area contributed by atoms with Crippen molar-refractivity contribution >= 4 is 21.4 Å². The fourth-order valence-electron chi connectivity index (χ4n) is 3.37. The highest BCUT2D eigenvalue weighted by Gasteiger charge is 2.28. The summed E-state index contributed by atoms with van der Waals surface area (Å²) in [5, 5.41) is 8.66. The molecule has 0 spiro atoms. The maximum atomic E-state index is 12.1. The molecule has 3 rings (SSSR count). The Labute approximate surface area is 146 Å². The summed E-state index contributed by atoms with van der Waals surface area (Å²) in [6.07, 6.45) is 5.32. The highest BCUT2D eigenvalue weighted by atomic mass is 32.1. The molecular weight excluding hydrogens is 324 g/mol. The molecule has 1 saturated heterocycles. The topological polar surface area (TPSA) is 68.5 Å². The minimum atomic E-state index is -0.108. The van der Waals surface area contributed by atoms with E-state index in [4.69, 9.17) is 4.74 Å². The first kappa shape index (κ1) is 17.4. The third-order valence-corrected chi connectivity index (χ3v) is 5.72. The number of aryl methyl sites for hydroxylation is 1. The number of ether oxygens (including phenoxy) is 1. The molecule has 24 heavy (non-hydrogen) atoms. The quantitative estimate of drug-likeness (QED) is 0.867. The second kappa shape index (κ2) is 7.61. The highest BCUT2D eigenvalue weighted by molar-refractivity contribution is 7.20. The zero-order chi connectivity index (χ0) is 17.1. The van der Waals surface area contributed by atoms with Gasteiger partial charge in [0, 0.05) is 24.4 Å². The van der Waals surface area contributed by atoms with Gasteiger partial charge >= 0.3 is 0 Å². The summed E-state index contributed by atoms with van der Waals surface area (Å²) in [5.41, 5.74) is 0.707. The average Bonchev–Trinajstić information content (AvgIpc) is 2.99. The van der Waals surface area contributed by atoms with Crippen molar-refractivity contribution in [2.45, 2.75) is 65.0 Å². The Bertz CT molecular complexity index is 738. The lowest BCUT2D eigenvalue weighted by Gasteiger charge is -2.34. The number of hydrogen-bond donors (Lipinski definition) is 1. The molecule has 132 valence electrons. The molecule has 0 aromatic carbocycles. The largest absolute Gasteiger partial charge is 0.378 e. The summed E-state index contributed by atoms with van der Waals surface area (Å²) in [5.74, 6) is 0.612. The van der Waals surface area contributed by atoms with Crippen LogP contribution in [-0.2, 0) is 11.2 Å². The van der Waals surface area contributed by atoms with Crippen LogP contribution >= 0.6 is 11.3 Å².